The quantitative estimate of drug-likeness (QED) is 0.142. The SMILES string of the molecule is OC[C@@H]1O[C@@H](OC2[C@H](O[C@@H]3CO[C@@H](O[C@@H]4CO[C@@H](O)C(O)[C@H]4O)C(O)[C@H]3O)OC[C@@H](O)[C@@H]2O)C(O)[C@@H]1O. The number of ether oxygens (including phenoxy) is 7. The summed E-state index contributed by atoms with van der Waals surface area (Å²) in [6.45, 7) is -1.75. The second-order valence-electron chi connectivity index (χ2n) is 9.30. The molecule has 0 spiro atoms. The van der Waals surface area contributed by atoms with Gasteiger partial charge in [-0.3, -0.25) is 0 Å². The van der Waals surface area contributed by atoms with Gasteiger partial charge in [0.25, 0.3) is 0 Å². The van der Waals surface area contributed by atoms with E-state index in [-0.39, 0.29) is 6.61 Å². The summed E-state index contributed by atoms with van der Waals surface area (Å²) < 4.78 is 37.5. The third-order valence-corrected chi connectivity index (χ3v) is 6.73. The second-order valence-corrected chi connectivity index (χ2v) is 9.30. The highest BCUT2D eigenvalue weighted by Gasteiger charge is 2.51. The predicted molar refractivity (Wildman–Crippen MR) is 110 cm³/mol. The van der Waals surface area contributed by atoms with E-state index in [2.05, 4.69) is 0 Å². The molecule has 0 aromatic carbocycles. The van der Waals surface area contributed by atoms with Crippen LogP contribution >= 0.6 is 0 Å². The number of rotatable bonds is 7. The van der Waals surface area contributed by atoms with Gasteiger partial charge in [-0.05, 0) is 0 Å². The summed E-state index contributed by atoms with van der Waals surface area (Å²) in [4.78, 5) is 0. The first-order valence-electron chi connectivity index (χ1n) is 11.7. The summed E-state index contributed by atoms with van der Waals surface area (Å²) in [5, 5.41) is 100. The number of hydrogen-bond acceptors (Lipinski definition) is 17. The smallest absolute Gasteiger partial charge is 0.187 e. The molecule has 0 aromatic rings. The minimum atomic E-state index is -1.73. The molecule has 0 saturated carbocycles. The first kappa shape index (κ1) is 29.3. The second kappa shape index (κ2) is 12.2. The third-order valence-electron chi connectivity index (χ3n) is 6.73. The molecular weight excluding hydrogens is 512 g/mol. The average molecular weight is 546 g/mol. The molecule has 4 rings (SSSR count). The molecule has 4 aliphatic heterocycles. The van der Waals surface area contributed by atoms with Crippen molar-refractivity contribution in [1.29, 1.82) is 0 Å². The Morgan fingerprint density at radius 3 is 1.76 bits per heavy atom. The van der Waals surface area contributed by atoms with Crippen LogP contribution < -0.4 is 0 Å². The molecule has 0 radical (unpaired) electrons. The maximum Gasteiger partial charge on any atom is 0.187 e. The van der Waals surface area contributed by atoms with Gasteiger partial charge in [-0.2, -0.15) is 0 Å². The van der Waals surface area contributed by atoms with Crippen LogP contribution in [0.15, 0.2) is 0 Å². The van der Waals surface area contributed by atoms with Crippen molar-refractivity contribution in [3.05, 3.63) is 0 Å². The van der Waals surface area contributed by atoms with Crippen LogP contribution in [0.5, 0.6) is 0 Å². The third kappa shape index (κ3) is 6.08. The van der Waals surface area contributed by atoms with Crippen molar-refractivity contribution in [3.63, 3.8) is 0 Å². The molecule has 4 unspecified atom stereocenters. The molecule has 0 aromatic heterocycles. The Balaban J connectivity index is 1.37. The molecule has 4 heterocycles. The lowest BCUT2D eigenvalue weighted by Crippen LogP contribution is -2.62. The van der Waals surface area contributed by atoms with Gasteiger partial charge in [0.2, 0.25) is 0 Å². The normalized spacial score (nSPS) is 53.4. The van der Waals surface area contributed by atoms with Crippen molar-refractivity contribution in [1.82, 2.24) is 0 Å². The van der Waals surface area contributed by atoms with Gasteiger partial charge < -0.3 is 84.2 Å². The lowest BCUT2D eigenvalue weighted by molar-refractivity contribution is -0.358. The number of hydrogen-bond donors (Lipinski definition) is 10. The topological polar surface area (TPSA) is 267 Å². The summed E-state index contributed by atoms with van der Waals surface area (Å²) in [5.74, 6) is 0. The number of aliphatic hydroxyl groups is 10. The predicted octanol–water partition coefficient (Wildman–Crippen LogP) is -7.19. The van der Waals surface area contributed by atoms with Crippen molar-refractivity contribution in [3.8, 4) is 0 Å². The van der Waals surface area contributed by atoms with Crippen LogP contribution in [0.25, 0.3) is 0 Å². The van der Waals surface area contributed by atoms with Gasteiger partial charge in [0.15, 0.2) is 25.2 Å². The van der Waals surface area contributed by atoms with E-state index >= 15 is 0 Å². The molecule has 17 heteroatoms. The van der Waals surface area contributed by atoms with Crippen molar-refractivity contribution in [2.45, 2.75) is 98.4 Å². The van der Waals surface area contributed by atoms with E-state index in [4.69, 9.17) is 33.2 Å². The molecule has 4 aliphatic rings. The molecular formula is C20H34O17. The van der Waals surface area contributed by atoms with Crippen LogP contribution in [0.2, 0.25) is 0 Å². The summed E-state index contributed by atoms with van der Waals surface area (Å²) >= 11 is 0. The van der Waals surface area contributed by atoms with Gasteiger partial charge in [-0.1, -0.05) is 0 Å². The largest absolute Gasteiger partial charge is 0.394 e. The fourth-order valence-electron chi connectivity index (χ4n) is 4.41. The Morgan fingerprint density at radius 2 is 1.11 bits per heavy atom. The molecule has 17 nitrogen and oxygen atoms in total. The van der Waals surface area contributed by atoms with Gasteiger partial charge >= 0.3 is 0 Å². The molecule has 0 bridgehead atoms. The van der Waals surface area contributed by atoms with E-state index in [1.807, 2.05) is 0 Å². The van der Waals surface area contributed by atoms with E-state index in [1.165, 1.54) is 0 Å². The Morgan fingerprint density at radius 1 is 0.541 bits per heavy atom. The lowest BCUT2D eigenvalue weighted by atomic mass is 10.0. The molecule has 16 atom stereocenters. The molecule has 216 valence electrons. The van der Waals surface area contributed by atoms with Gasteiger partial charge in [-0.25, -0.2) is 0 Å². The van der Waals surface area contributed by atoms with Crippen LogP contribution in [0.3, 0.4) is 0 Å². The zero-order chi connectivity index (χ0) is 27.0. The molecule has 37 heavy (non-hydrogen) atoms. The monoisotopic (exact) mass is 546 g/mol. The molecule has 0 aliphatic carbocycles. The highest BCUT2D eigenvalue weighted by molar-refractivity contribution is 4.92. The van der Waals surface area contributed by atoms with Crippen LogP contribution in [0.4, 0.5) is 0 Å². The molecule has 10 N–H and O–H groups in total. The van der Waals surface area contributed by atoms with E-state index in [0.717, 1.165) is 0 Å². The summed E-state index contributed by atoms with van der Waals surface area (Å²) in [7, 11) is 0. The van der Waals surface area contributed by atoms with Gasteiger partial charge in [0, 0.05) is 0 Å². The minimum absolute atomic E-state index is 0.335. The van der Waals surface area contributed by atoms with Crippen LogP contribution in [-0.4, -0.2) is 176 Å². The van der Waals surface area contributed by atoms with Crippen LogP contribution in [-0.2, 0) is 33.2 Å². The van der Waals surface area contributed by atoms with Crippen molar-refractivity contribution in [2.75, 3.05) is 26.4 Å². The highest BCUT2D eigenvalue weighted by atomic mass is 16.8. The van der Waals surface area contributed by atoms with E-state index in [9.17, 15) is 51.1 Å². The van der Waals surface area contributed by atoms with Gasteiger partial charge in [0.05, 0.1) is 26.4 Å². The summed E-state index contributed by atoms with van der Waals surface area (Å²) in [6.07, 6.45) is -24.0. The van der Waals surface area contributed by atoms with Crippen molar-refractivity contribution >= 4 is 0 Å². The standard InChI is InChI=1S/C20H34O17/c21-1-6-10(24)15(29)19(34-6)37-16-9(23)5(22)2-32-20(16)36-8-4-33-18(14(28)12(8)26)35-7-3-31-17(30)13(27)11(7)25/h5-30H,1-4H2/t5-,6+,7-,8-,9+,10-,11+,12+,13?,14?,15?,16?,17-,18+,19+,20+/m1/s1. The lowest BCUT2D eigenvalue weighted by Gasteiger charge is -2.44. The Kier molecular flexibility index (Phi) is 9.69. The van der Waals surface area contributed by atoms with Crippen molar-refractivity contribution < 1.29 is 84.2 Å². The first-order valence-corrected chi connectivity index (χ1v) is 11.7. The van der Waals surface area contributed by atoms with Crippen molar-refractivity contribution in [2.24, 2.45) is 0 Å². The number of aliphatic hydroxyl groups excluding tert-OH is 10. The summed E-state index contributed by atoms with van der Waals surface area (Å²) in [5.41, 5.74) is 0. The average Bonchev–Trinajstić information content (AvgIpc) is 3.15. The zero-order valence-corrected chi connectivity index (χ0v) is 19.4. The van der Waals surface area contributed by atoms with E-state index in [1.54, 1.807) is 0 Å². The molecule has 4 fully saturated rings. The molecule has 4 saturated heterocycles. The maximum absolute atomic E-state index is 10.6. The first-order chi connectivity index (χ1) is 17.5. The Labute approximate surface area is 209 Å². The molecule has 0 amide bonds. The Bertz CT molecular complexity index is 731. The minimum Gasteiger partial charge on any atom is -0.394 e. The highest BCUT2D eigenvalue weighted by Crippen LogP contribution is 2.30. The maximum atomic E-state index is 10.6. The zero-order valence-electron chi connectivity index (χ0n) is 19.4. The van der Waals surface area contributed by atoms with Crippen LogP contribution in [0, 0.1) is 0 Å². The van der Waals surface area contributed by atoms with Gasteiger partial charge in [-0.15, -0.1) is 0 Å². The van der Waals surface area contributed by atoms with Gasteiger partial charge in [0.1, 0.15) is 73.2 Å². The fourth-order valence-corrected chi connectivity index (χ4v) is 4.41. The Hall–Kier alpha value is -0.680. The van der Waals surface area contributed by atoms with E-state index < -0.39 is 118 Å². The summed E-state index contributed by atoms with van der Waals surface area (Å²) in [6, 6.07) is 0. The van der Waals surface area contributed by atoms with E-state index in [0.29, 0.717) is 0 Å². The van der Waals surface area contributed by atoms with Crippen LogP contribution in [0.1, 0.15) is 0 Å². The fraction of sp³-hybridized carbons (Fsp3) is 1.00.